The van der Waals surface area contributed by atoms with Gasteiger partial charge in [0.25, 0.3) is 0 Å². The molecule has 234 valence electrons. The summed E-state index contributed by atoms with van der Waals surface area (Å²) in [5.41, 5.74) is 6.25. The molecular formula is H3N21O19S2. The highest BCUT2D eigenvalue weighted by Gasteiger charge is 2.10. The second kappa shape index (κ2) is 34.8. The Morgan fingerprint density at radius 2 is 0.595 bits per heavy atom. The highest BCUT2D eigenvalue weighted by Crippen LogP contribution is 2.01. The lowest BCUT2D eigenvalue weighted by atomic mass is 12.3. The molecule has 0 rings (SSSR count). The second-order valence-electron chi connectivity index (χ2n) is 3.27. The number of nitrogens with one attached hydrogen (secondary N) is 1. The van der Waals surface area contributed by atoms with E-state index in [-0.39, 0.29) is 5.34 Å². The Bertz CT molecular complexity index is 872. The first-order valence-corrected chi connectivity index (χ1v) is 8.32. The third-order valence-corrected chi connectivity index (χ3v) is 1.53. The molecule has 0 aliphatic heterocycles. The maximum atomic E-state index is 6.25. The first kappa shape index (κ1) is 37.7. The van der Waals surface area contributed by atoms with Crippen LogP contribution in [-0.2, 0) is 94.2 Å². The predicted molar refractivity (Wildman–Crippen MR) is 89.3 cm³/mol. The van der Waals surface area contributed by atoms with Crippen molar-refractivity contribution in [2.75, 3.05) is 0 Å². The zero-order valence-electron chi connectivity index (χ0n) is 18.1. The second-order valence-corrected chi connectivity index (χ2v) is 3.56. The van der Waals surface area contributed by atoms with Crippen molar-refractivity contribution < 1.29 is 94.2 Å². The smallest absolute Gasteiger partial charge is 0.0559 e. The van der Waals surface area contributed by atoms with Gasteiger partial charge in [0.05, 0.1) is 5.34 Å². The third-order valence-electron chi connectivity index (χ3n) is 1.41. The summed E-state index contributed by atoms with van der Waals surface area (Å²) in [4.78, 5) is 8.10. The Morgan fingerprint density at radius 3 is 0.905 bits per heavy atom. The molecule has 0 fully saturated rings. The first-order valence-electron chi connectivity index (χ1n) is 7.59. The number of thiol groups is 2. The Kier molecular flexibility index (Phi) is 31.2. The summed E-state index contributed by atoms with van der Waals surface area (Å²) >= 11 is 6.15. The fraction of sp³-hybridized carbons (Fsp3) is 0. The van der Waals surface area contributed by atoms with Crippen molar-refractivity contribution in [1.82, 2.24) is 5.34 Å². The zero-order chi connectivity index (χ0) is 30.4. The molecule has 0 bridgehead atoms. The van der Waals surface area contributed by atoms with Crippen molar-refractivity contribution in [3.63, 3.8) is 0 Å². The van der Waals surface area contributed by atoms with Crippen molar-refractivity contribution in [1.29, 1.82) is 5.53 Å². The van der Waals surface area contributed by atoms with Gasteiger partial charge in [-0.1, -0.05) is 0 Å². The molecule has 40 nitrogen and oxygen atoms in total. The largest absolute Gasteiger partial charge is 0.183 e. The highest BCUT2D eigenvalue weighted by molar-refractivity contribution is 7.75. The van der Waals surface area contributed by atoms with Crippen LogP contribution in [0.5, 0.6) is 0 Å². The summed E-state index contributed by atoms with van der Waals surface area (Å²) in [6, 6.07) is 0. The van der Waals surface area contributed by atoms with Gasteiger partial charge < -0.3 is 0 Å². The van der Waals surface area contributed by atoms with Crippen LogP contribution in [0.1, 0.15) is 0 Å². The van der Waals surface area contributed by atoms with Crippen LogP contribution in [0.2, 0.25) is 0 Å². The van der Waals surface area contributed by atoms with Gasteiger partial charge in [0.1, 0.15) is 0 Å². The molecule has 0 aromatic rings. The molecule has 0 amide bonds. The van der Waals surface area contributed by atoms with Crippen molar-refractivity contribution in [2.24, 2.45) is 99.2 Å². The van der Waals surface area contributed by atoms with E-state index in [2.05, 4.69) is 219 Å². The van der Waals surface area contributed by atoms with E-state index >= 15 is 0 Å². The van der Waals surface area contributed by atoms with E-state index in [9.17, 15) is 0 Å². The molecule has 0 aliphatic carbocycles. The van der Waals surface area contributed by atoms with Gasteiger partial charge in [-0.2, -0.15) is 5.53 Å². The van der Waals surface area contributed by atoms with Crippen LogP contribution in [0.3, 0.4) is 0 Å². The maximum Gasteiger partial charge on any atom is 0.0559 e. The molecule has 0 heterocycles. The van der Waals surface area contributed by atoms with Gasteiger partial charge in [-0.05, 0) is 127 Å². The number of nitrogens with zero attached hydrogens (tertiary/aromatic N) is 20. The molecular weight excluding hydrogens is 662 g/mol. The third kappa shape index (κ3) is 32.0. The quantitative estimate of drug-likeness (QED) is 0.0258. The fourth-order valence-electron chi connectivity index (χ4n) is 0.608. The van der Waals surface area contributed by atoms with Gasteiger partial charge in [-0.25, -0.2) is 0 Å². The van der Waals surface area contributed by atoms with E-state index < -0.39 is 0 Å². The van der Waals surface area contributed by atoms with E-state index in [0.29, 0.717) is 0 Å². The van der Waals surface area contributed by atoms with Crippen LogP contribution in [0.4, 0.5) is 0 Å². The summed E-state index contributed by atoms with van der Waals surface area (Å²) in [6.07, 6.45) is 0. The first-order chi connectivity index (χ1) is 20.8. The molecule has 42 heteroatoms. The zero-order valence-corrected chi connectivity index (χ0v) is 19.9. The number of rotatable bonds is 29. The van der Waals surface area contributed by atoms with Crippen LogP contribution in [0.25, 0.3) is 0 Å². The lowest BCUT2D eigenvalue weighted by molar-refractivity contribution is -0.866. The average molecular weight is 665 g/mol. The van der Waals surface area contributed by atoms with Gasteiger partial charge in [0.15, 0.2) is 0 Å². The Balaban J connectivity index is 4.36. The van der Waals surface area contributed by atoms with Crippen LogP contribution in [0.15, 0.2) is 99.2 Å². The molecule has 0 radical (unpaired) electrons. The minimum atomic E-state index is -0.283. The predicted octanol–water partition coefficient (Wildman–Crippen LogP) is 2.93. The molecule has 0 aromatic carbocycles. The Labute approximate surface area is 231 Å². The molecule has 0 saturated carbocycles. The van der Waals surface area contributed by atoms with Crippen LogP contribution < -0.4 is 0 Å². The van der Waals surface area contributed by atoms with Gasteiger partial charge >= 0.3 is 0 Å². The summed E-state index contributed by atoms with van der Waals surface area (Å²) in [5.74, 6) is 0. The molecule has 0 unspecified atom stereocenters. The topological polar surface area (TPSA) is 437 Å². The van der Waals surface area contributed by atoms with Crippen LogP contribution in [0, 0.1) is 5.53 Å². The van der Waals surface area contributed by atoms with Gasteiger partial charge in [0.2, 0.25) is 0 Å². The van der Waals surface area contributed by atoms with Crippen LogP contribution >= 0.6 is 25.8 Å². The minimum Gasteiger partial charge on any atom is -0.183 e. The monoisotopic (exact) mass is 665 g/mol. The normalized spacial score (nSPS) is 13.1. The van der Waals surface area contributed by atoms with Gasteiger partial charge in [0, 0.05) is 83.3 Å². The van der Waals surface area contributed by atoms with E-state index in [0.717, 1.165) is 0 Å². The van der Waals surface area contributed by atoms with E-state index in [1.54, 1.807) is 0 Å². The fourth-order valence-corrected chi connectivity index (χ4v) is 0.657. The maximum absolute atomic E-state index is 6.25. The van der Waals surface area contributed by atoms with Crippen molar-refractivity contribution in [2.45, 2.75) is 0 Å². The van der Waals surface area contributed by atoms with Crippen molar-refractivity contribution >= 4 is 25.8 Å². The highest BCUT2D eigenvalue weighted by atomic mass is 32.1. The Morgan fingerprint density at radius 1 is 0.333 bits per heavy atom. The van der Waals surface area contributed by atoms with E-state index in [4.69, 9.17) is 5.53 Å². The molecule has 0 saturated heterocycles. The van der Waals surface area contributed by atoms with E-state index in [1.807, 2.05) is 0 Å². The molecule has 0 atom stereocenters. The van der Waals surface area contributed by atoms with Crippen molar-refractivity contribution in [3.8, 4) is 0 Å². The minimum absolute atomic E-state index is 0.283. The molecule has 1 N–H and O–H groups in total. The SMILES string of the molecule is N=N/N=N/N=N/N=N/N=N/N=N/N=N/N=N/N=N/N=N/N(OOOOOOOOOS)OOOOOOOOOOS. The van der Waals surface area contributed by atoms with Gasteiger partial charge in [-0.15, -0.1) is 8.67 Å². The summed E-state index contributed by atoms with van der Waals surface area (Å²) in [6.45, 7) is 0. The van der Waals surface area contributed by atoms with Crippen LogP contribution in [-0.4, -0.2) is 5.34 Å². The van der Waals surface area contributed by atoms with Crippen molar-refractivity contribution in [3.05, 3.63) is 0 Å². The Hall–Kier alpha value is -4.26. The lowest BCUT2D eigenvalue weighted by Gasteiger charge is -2.07. The molecule has 42 heavy (non-hydrogen) atoms. The lowest BCUT2D eigenvalue weighted by Crippen LogP contribution is -2.19. The van der Waals surface area contributed by atoms with E-state index in [1.165, 1.54) is 0 Å². The summed E-state index contributed by atoms with van der Waals surface area (Å²) < 4.78 is 7.22. The molecule has 0 spiro atoms. The number of hydrogen-bond acceptors (Lipinski definition) is 23. The van der Waals surface area contributed by atoms with Gasteiger partial charge in [-0.3, -0.25) is 0 Å². The standard InChI is InChI=1S/H3N21O19S2/c1-2-3-4-5-6-7-8-9-10-11-12-13-14-15-16-17-18-19-20-21(23-25-27-29-31-33-35-37-39-41)22-24-26-28-30-32-34-36-38-40-42/h1,41-42H/b2-1?,4-3+,6-5+,8-7+,10-9+,12-11+,14-13+,16-15+,18-17+,20-19+. The summed E-state index contributed by atoms with van der Waals surface area (Å²) in [7, 11) is 0. The molecule has 0 aromatic heterocycles. The average Bonchev–Trinajstić information content (AvgIpc) is 3.00. The molecule has 0 aliphatic rings. The number of hydrogen-bond donors (Lipinski definition) is 3. The summed E-state index contributed by atoms with van der Waals surface area (Å²) in [5, 5.41) is 109.